The van der Waals surface area contributed by atoms with Crippen LogP contribution in [0.5, 0.6) is 5.75 Å². The molecule has 1 N–H and O–H groups in total. The third kappa shape index (κ3) is 3.58. The Balaban J connectivity index is 2.18. The van der Waals surface area contributed by atoms with Crippen LogP contribution in [0.4, 0.5) is 0 Å². The lowest BCUT2D eigenvalue weighted by Gasteiger charge is -2.37. The highest BCUT2D eigenvalue weighted by Crippen LogP contribution is 2.26. The number of nitrogens with zero attached hydrogens (tertiary/aromatic N) is 1. The van der Waals surface area contributed by atoms with Crippen molar-refractivity contribution in [1.82, 2.24) is 4.90 Å². The van der Waals surface area contributed by atoms with E-state index in [2.05, 4.69) is 4.90 Å². The molecule has 1 unspecified atom stereocenters. The number of ether oxygens (including phenoxy) is 1. The Hall–Kier alpha value is -1.39. The first-order chi connectivity index (χ1) is 9.41. The lowest BCUT2D eigenvalue weighted by atomic mass is 9.94. The highest BCUT2D eigenvalue weighted by molar-refractivity contribution is 5.94. The normalized spacial score (nSPS) is 23.6. The zero-order chi connectivity index (χ0) is 14.8. The van der Waals surface area contributed by atoms with Gasteiger partial charge in [-0.2, -0.15) is 0 Å². The zero-order valence-corrected chi connectivity index (χ0v) is 12.5. The van der Waals surface area contributed by atoms with Crippen molar-refractivity contribution in [1.29, 1.82) is 0 Å². The number of hydrogen-bond acceptors (Lipinski definition) is 4. The van der Waals surface area contributed by atoms with E-state index in [-0.39, 0.29) is 5.78 Å². The summed E-state index contributed by atoms with van der Waals surface area (Å²) < 4.78 is 5.37. The van der Waals surface area contributed by atoms with Crippen molar-refractivity contribution in [3.05, 3.63) is 29.3 Å². The van der Waals surface area contributed by atoms with Gasteiger partial charge in [0.1, 0.15) is 5.75 Å². The van der Waals surface area contributed by atoms with Crippen LogP contribution in [0.15, 0.2) is 18.2 Å². The first-order valence-electron chi connectivity index (χ1n) is 7.04. The van der Waals surface area contributed by atoms with Gasteiger partial charge in [-0.1, -0.05) is 0 Å². The molecule has 1 aliphatic heterocycles. The first-order valence-corrected chi connectivity index (χ1v) is 7.04. The van der Waals surface area contributed by atoms with Crippen LogP contribution in [0.3, 0.4) is 0 Å². The minimum atomic E-state index is -0.621. The molecular formula is C16H23NO3. The number of hydrogen-bond donors (Lipinski definition) is 1. The average molecular weight is 277 g/mol. The highest BCUT2D eigenvalue weighted by Gasteiger charge is 2.28. The second-order valence-corrected chi connectivity index (χ2v) is 5.89. The molecule has 0 aromatic heterocycles. The number of carbonyl (C=O) groups excluding carboxylic acids is 1. The minimum absolute atomic E-state index is 0.0551. The Kier molecular flexibility index (Phi) is 4.45. The van der Waals surface area contributed by atoms with Gasteiger partial charge in [0.2, 0.25) is 0 Å². The predicted octanol–water partition coefficient (Wildman–Crippen LogP) is 2.24. The van der Waals surface area contributed by atoms with Crippen molar-refractivity contribution in [3.63, 3.8) is 0 Å². The lowest BCUT2D eigenvalue weighted by Crippen LogP contribution is -2.45. The fraction of sp³-hybridized carbons (Fsp3) is 0.562. The van der Waals surface area contributed by atoms with E-state index in [9.17, 15) is 9.90 Å². The average Bonchev–Trinajstić information content (AvgIpc) is 2.37. The summed E-state index contributed by atoms with van der Waals surface area (Å²) in [6.45, 7) is 5.75. The molecule has 2 rings (SSSR count). The smallest absolute Gasteiger partial charge is 0.159 e. The van der Waals surface area contributed by atoms with Crippen LogP contribution in [0.1, 0.15) is 42.6 Å². The van der Waals surface area contributed by atoms with E-state index in [1.165, 1.54) is 0 Å². The number of Topliss-reactive ketones (excluding diaryl/α,β-unsaturated/α-hetero) is 1. The largest absolute Gasteiger partial charge is 0.496 e. The SMILES string of the molecule is COc1ccc(C(C)=O)cc1CN1CCCC(C)(O)C1. The fourth-order valence-corrected chi connectivity index (χ4v) is 2.82. The van der Waals surface area contributed by atoms with Gasteiger partial charge in [-0.15, -0.1) is 0 Å². The molecule has 1 heterocycles. The van der Waals surface area contributed by atoms with E-state index in [0.717, 1.165) is 30.7 Å². The number of likely N-dealkylation sites (tertiary alicyclic amines) is 1. The van der Waals surface area contributed by atoms with E-state index in [4.69, 9.17) is 4.74 Å². The number of rotatable bonds is 4. The Labute approximate surface area is 120 Å². The number of benzene rings is 1. The van der Waals surface area contributed by atoms with Crippen LogP contribution in [0.25, 0.3) is 0 Å². The van der Waals surface area contributed by atoms with Crippen molar-refractivity contribution >= 4 is 5.78 Å². The molecule has 1 atom stereocenters. The van der Waals surface area contributed by atoms with Gasteiger partial charge in [-0.3, -0.25) is 9.69 Å². The van der Waals surface area contributed by atoms with Gasteiger partial charge in [0, 0.05) is 24.2 Å². The van der Waals surface area contributed by atoms with Gasteiger partial charge in [0.05, 0.1) is 12.7 Å². The van der Waals surface area contributed by atoms with Crippen molar-refractivity contribution in [3.8, 4) is 5.75 Å². The van der Waals surface area contributed by atoms with Crippen LogP contribution in [-0.4, -0.2) is 41.6 Å². The molecule has 0 spiro atoms. The van der Waals surface area contributed by atoms with Gasteiger partial charge < -0.3 is 9.84 Å². The molecule has 1 aromatic carbocycles. The number of piperidine rings is 1. The van der Waals surface area contributed by atoms with Crippen LogP contribution in [-0.2, 0) is 6.54 Å². The molecule has 1 aliphatic rings. The zero-order valence-electron chi connectivity index (χ0n) is 12.5. The highest BCUT2D eigenvalue weighted by atomic mass is 16.5. The maximum atomic E-state index is 11.5. The third-order valence-corrected chi connectivity index (χ3v) is 3.83. The monoisotopic (exact) mass is 277 g/mol. The molecule has 1 fully saturated rings. The summed E-state index contributed by atoms with van der Waals surface area (Å²) >= 11 is 0. The summed E-state index contributed by atoms with van der Waals surface area (Å²) in [5, 5.41) is 10.2. The quantitative estimate of drug-likeness (QED) is 0.858. The summed E-state index contributed by atoms with van der Waals surface area (Å²) in [5.74, 6) is 0.847. The molecule has 110 valence electrons. The molecule has 1 aromatic rings. The molecule has 0 radical (unpaired) electrons. The molecule has 1 saturated heterocycles. The van der Waals surface area contributed by atoms with E-state index in [0.29, 0.717) is 18.7 Å². The van der Waals surface area contributed by atoms with Crippen molar-refractivity contribution in [2.24, 2.45) is 0 Å². The Bertz CT molecular complexity index is 496. The minimum Gasteiger partial charge on any atom is -0.496 e. The maximum absolute atomic E-state index is 11.5. The van der Waals surface area contributed by atoms with Crippen LogP contribution < -0.4 is 4.74 Å². The topological polar surface area (TPSA) is 49.8 Å². The molecule has 0 amide bonds. The number of aliphatic hydroxyl groups is 1. The lowest BCUT2D eigenvalue weighted by molar-refractivity contribution is -0.0183. The molecule has 4 heteroatoms. The summed E-state index contributed by atoms with van der Waals surface area (Å²) in [4.78, 5) is 13.7. The molecule has 4 nitrogen and oxygen atoms in total. The van der Waals surface area contributed by atoms with Gasteiger partial charge in [-0.05, 0) is 51.4 Å². The number of carbonyl (C=O) groups is 1. The van der Waals surface area contributed by atoms with E-state index >= 15 is 0 Å². The van der Waals surface area contributed by atoms with E-state index in [1.807, 2.05) is 19.1 Å². The van der Waals surface area contributed by atoms with Gasteiger partial charge in [0.25, 0.3) is 0 Å². The fourth-order valence-electron chi connectivity index (χ4n) is 2.82. The van der Waals surface area contributed by atoms with Crippen LogP contribution >= 0.6 is 0 Å². The van der Waals surface area contributed by atoms with Crippen molar-refractivity contribution in [2.75, 3.05) is 20.2 Å². The van der Waals surface area contributed by atoms with E-state index < -0.39 is 5.60 Å². The second kappa shape index (κ2) is 5.94. The summed E-state index contributed by atoms with van der Waals surface area (Å²) in [5.41, 5.74) is 1.08. The molecule has 0 aliphatic carbocycles. The molecule has 0 saturated carbocycles. The Morgan fingerprint density at radius 2 is 2.25 bits per heavy atom. The van der Waals surface area contributed by atoms with Crippen molar-refractivity contribution < 1.29 is 14.6 Å². The van der Waals surface area contributed by atoms with Gasteiger partial charge >= 0.3 is 0 Å². The number of ketones is 1. The van der Waals surface area contributed by atoms with Crippen LogP contribution in [0.2, 0.25) is 0 Å². The number of β-amino-alcohol motifs (C(OH)–C–C–N with tert-alkyl or cyclic N) is 1. The van der Waals surface area contributed by atoms with Gasteiger partial charge in [0.15, 0.2) is 5.78 Å². The third-order valence-electron chi connectivity index (χ3n) is 3.83. The standard InChI is InChI=1S/C16H23NO3/c1-12(18)13-5-6-15(20-3)14(9-13)10-17-8-4-7-16(2,19)11-17/h5-6,9,19H,4,7-8,10-11H2,1-3H3. The molecule has 20 heavy (non-hydrogen) atoms. The van der Waals surface area contributed by atoms with Gasteiger partial charge in [-0.25, -0.2) is 0 Å². The molecule has 0 bridgehead atoms. The van der Waals surface area contributed by atoms with Crippen LogP contribution in [0, 0.1) is 0 Å². The summed E-state index contributed by atoms with van der Waals surface area (Å²) in [7, 11) is 1.64. The predicted molar refractivity (Wildman–Crippen MR) is 78.1 cm³/mol. The Morgan fingerprint density at radius 1 is 1.50 bits per heavy atom. The second-order valence-electron chi connectivity index (χ2n) is 5.89. The summed E-state index contributed by atoms with van der Waals surface area (Å²) in [6.07, 6.45) is 1.83. The molecular weight excluding hydrogens is 254 g/mol. The maximum Gasteiger partial charge on any atom is 0.159 e. The summed E-state index contributed by atoms with van der Waals surface area (Å²) in [6, 6.07) is 5.52. The number of methoxy groups -OCH3 is 1. The first kappa shape index (κ1) is 15.0. The van der Waals surface area contributed by atoms with E-state index in [1.54, 1.807) is 20.1 Å². The Morgan fingerprint density at radius 3 is 2.85 bits per heavy atom. The van der Waals surface area contributed by atoms with Crippen molar-refractivity contribution in [2.45, 2.75) is 38.8 Å².